The molecular weight excluding hydrogens is 305 g/mol. The molecule has 1 amide bonds. The van der Waals surface area contributed by atoms with Gasteiger partial charge in [0.1, 0.15) is 12.8 Å². The smallest absolute Gasteiger partial charge is 0.302 e. The molecule has 21 heavy (non-hydrogen) atoms. The molecule has 0 aliphatic carbocycles. The van der Waals surface area contributed by atoms with Crippen LogP contribution in [0.2, 0.25) is 0 Å². The highest BCUT2D eigenvalue weighted by Crippen LogP contribution is 2.23. The molecule has 8 heteroatoms. The van der Waals surface area contributed by atoms with Crippen molar-refractivity contribution in [3.05, 3.63) is 0 Å². The van der Waals surface area contributed by atoms with Gasteiger partial charge < -0.3 is 19.5 Å². The molecule has 124 valence electrons. The lowest BCUT2D eigenvalue weighted by Gasteiger charge is -2.33. The number of amides is 1. The summed E-state index contributed by atoms with van der Waals surface area (Å²) in [6, 6.07) is 0.198. The van der Waals surface area contributed by atoms with E-state index in [-0.39, 0.29) is 18.1 Å². The molecule has 0 radical (unpaired) electrons. The van der Waals surface area contributed by atoms with Crippen LogP contribution in [0.15, 0.2) is 0 Å². The summed E-state index contributed by atoms with van der Waals surface area (Å²) in [7, 11) is 0. The van der Waals surface area contributed by atoms with Crippen LogP contribution in [0.25, 0.3) is 0 Å². The Morgan fingerprint density at radius 3 is 2.67 bits per heavy atom. The predicted molar refractivity (Wildman–Crippen MR) is 75.6 cm³/mol. The molecule has 1 N–H and O–H groups in total. The summed E-state index contributed by atoms with van der Waals surface area (Å²) in [5.41, 5.74) is 0. The minimum Gasteiger partial charge on any atom is -0.462 e. The van der Waals surface area contributed by atoms with Gasteiger partial charge in [-0.2, -0.15) is 0 Å². The number of hydrogen-bond donors (Lipinski definition) is 1. The number of carbonyl (C=O) groups is 2. The topological polar surface area (TPSA) is 73.9 Å². The van der Waals surface area contributed by atoms with E-state index in [1.54, 1.807) is 0 Å². The van der Waals surface area contributed by atoms with Crippen LogP contribution in [-0.4, -0.2) is 50.2 Å². The number of rotatable bonds is 7. The molecule has 3 atom stereocenters. The van der Waals surface area contributed by atoms with Crippen LogP contribution in [0.3, 0.4) is 0 Å². The molecule has 1 rings (SSSR count). The van der Waals surface area contributed by atoms with Crippen molar-refractivity contribution in [2.45, 2.75) is 51.6 Å². The molecular formula is C13H23ClFNO5. The number of halogens is 2. The molecule has 0 spiro atoms. The van der Waals surface area contributed by atoms with Crippen LogP contribution in [0.1, 0.15) is 33.1 Å². The van der Waals surface area contributed by atoms with Gasteiger partial charge in [-0.05, 0) is 6.42 Å². The summed E-state index contributed by atoms with van der Waals surface area (Å²) in [6.07, 6.45) is 1.02. The molecule has 6 nitrogen and oxygen atoms in total. The molecule has 0 saturated carbocycles. The summed E-state index contributed by atoms with van der Waals surface area (Å²) in [5, 5.41) is 2.20. The average molecular weight is 328 g/mol. The number of alkyl halides is 2. The average Bonchev–Trinajstić information content (AvgIpc) is 2.45. The monoisotopic (exact) mass is 327 g/mol. The number of nitrogens with one attached hydrogen (secondary N) is 1. The molecule has 0 aromatic rings. The van der Waals surface area contributed by atoms with Crippen LogP contribution in [0.4, 0.5) is 4.39 Å². The Balaban J connectivity index is 0.000000690. The van der Waals surface area contributed by atoms with Gasteiger partial charge >= 0.3 is 5.97 Å². The van der Waals surface area contributed by atoms with Crippen molar-refractivity contribution < 1.29 is 28.2 Å². The van der Waals surface area contributed by atoms with Crippen LogP contribution in [0, 0.1) is 0 Å². The van der Waals surface area contributed by atoms with Gasteiger partial charge in [0.15, 0.2) is 6.29 Å². The Morgan fingerprint density at radius 2 is 2.24 bits per heavy atom. The normalized spacial score (nSPS) is 24.5. The standard InChI is InChI=1S/C11H19FO4.C2H4ClNO/c1-3-4-14-11-6-9(15-8(2)13)5-10(7-12)16-11;3-1-4-2-5/h9-11H,3-7H2,1-2H3;2H,1H2,(H,4,5). The maximum Gasteiger partial charge on any atom is 0.302 e. The van der Waals surface area contributed by atoms with E-state index in [2.05, 4.69) is 5.32 Å². The second-order valence-corrected chi connectivity index (χ2v) is 4.64. The first-order valence-electron chi connectivity index (χ1n) is 6.80. The number of hydrogen-bond acceptors (Lipinski definition) is 5. The molecule has 1 fully saturated rings. The fourth-order valence-corrected chi connectivity index (χ4v) is 1.81. The van der Waals surface area contributed by atoms with E-state index in [0.29, 0.717) is 25.9 Å². The molecule has 0 bridgehead atoms. The van der Waals surface area contributed by atoms with Crippen LogP contribution < -0.4 is 5.32 Å². The van der Waals surface area contributed by atoms with Crippen molar-refractivity contribution in [1.29, 1.82) is 0 Å². The molecule has 1 aliphatic rings. The third-order valence-corrected chi connectivity index (χ3v) is 2.65. The Labute approximate surface area is 129 Å². The van der Waals surface area contributed by atoms with E-state index in [1.807, 2.05) is 6.92 Å². The van der Waals surface area contributed by atoms with Crippen LogP contribution in [-0.2, 0) is 23.8 Å². The largest absolute Gasteiger partial charge is 0.462 e. The first-order valence-corrected chi connectivity index (χ1v) is 7.34. The minimum absolute atomic E-state index is 0.198. The lowest BCUT2D eigenvalue weighted by molar-refractivity contribution is -0.223. The zero-order chi connectivity index (χ0) is 16.1. The zero-order valence-corrected chi connectivity index (χ0v) is 13.1. The summed E-state index contributed by atoms with van der Waals surface area (Å²) in [5.74, 6) is -0.348. The zero-order valence-electron chi connectivity index (χ0n) is 12.3. The van der Waals surface area contributed by atoms with Gasteiger partial charge in [0.05, 0.1) is 12.1 Å². The number of carbonyl (C=O) groups excluding carboxylic acids is 2. The predicted octanol–water partition coefficient (Wildman–Crippen LogP) is 1.75. The molecule has 0 aromatic carbocycles. The summed E-state index contributed by atoms with van der Waals surface area (Å²) >= 11 is 4.96. The maximum absolute atomic E-state index is 12.6. The second-order valence-electron chi connectivity index (χ2n) is 4.37. The Kier molecular flexibility index (Phi) is 12.2. The number of esters is 1. The Bertz CT molecular complexity index is 296. The number of ether oxygens (including phenoxy) is 3. The molecule has 1 aliphatic heterocycles. The van der Waals surface area contributed by atoms with Gasteiger partial charge in [-0.3, -0.25) is 9.59 Å². The summed E-state index contributed by atoms with van der Waals surface area (Å²) in [6.45, 7) is 3.32. The lowest BCUT2D eigenvalue weighted by atomic mass is 10.1. The highest BCUT2D eigenvalue weighted by Gasteiger charge is 2.31. The third-order valence-electron chi connectivity index (χ3n) is 2.50. The van der Waals surface area contributed by atoms with E-state index in [0.717, 1.165) is 6.42 Å². The van der Waals surface area contributed by atoms with Crippen molar-refractivity contribution in [3.63, 3.8) is 0 Å². The third kappa shape index (κ3) is 10.4. The molecule has 0 aromatic heterocycles. The van der Waals surface area contributed by atoms with Gasteiger partial charge in [-0.1, -0.05) is 6.92 Å². The lowest BCUT2D eigenvalue weighted by Crippen LogP contribution is -2.40. The molecule has 3 unspecified atom stereocenters. The van der Waals surface area contributed by atoms with E-state index >= 15 is 0 Å². The van der Waals surface area contributed by atoms with Crippen molar-refractivity contribution in [3.8, 4) is 0 Å². The van der Waals surface area contributed by atoms with E-state index in [9.17, 15) is 14.0 Å². The van der Waals surface area contributed by atoms with Crippen LogP contribution in [0.5, 0.6) is 0 Å². The van der Waals surface area contributed by atoms with Gasteiger partial charge in [-0.25, -0.2) is 4.39 Å². The minimum atomic E-state index is -0.580. The SMILES string of the molecule is CCCOC1CC(OC(C)=O)CC(CF)O1.O=CNCCl. The fraction of sp³-hybridized carbons (Fsp3) is 0.846. The van der Waals surface area contributed by atoms with Gasteiger partial charge in [0.2, 0.25) is 6.41 Å². The van der Waals surface area contributed by atoms with Crippen molar-refractivity contribution in [2.24, 2.45) is 0 Å². The van der Waals surface area contributed by atoms with E-state index in [4.69, 9.17) is 25.8 Å². The van der Waals surface area contributed by atoms with Gasteiger partial charge in [0.25, 0.3) is 0 Å². The first-order chi connectivity index (χ1) is 10.1. The fourth-order valence-electron chi connectivity index (χ4n) is 1.75. The Hall–Kier alpha value is -0.920. The van der Waals surface area contributed by atoms with Crippen molar-refractivity contribution >= 4 is 24.0 Å². The van der Waals surface area contributed by atoms with Gasteiger partial charge in [0, 0.05) is 26.4 Å². The van der Waals surface area contributed by atoms with E-state index < -0.39 is 19.1 Å². The quantitative estimate of drug-likeness (QED) is 0.334. The van der Waals surface area contributed by atoms with Crippen LogP contribution >= 0.6 is 11.6 Å². The Morgan fingerprint density at radius 1 is 1.52 bits per heavy atom. The van der Waals surface area contributed by atoms with Crippen molar-refractivity contribution in [2.75, 3.05) is 19.3 Å². The van der Waals surface area contributed by atoms with Crippen molar-refractivity contribution in [1.82, 2.24) is 5.32 Å². The summed E-state index contributed by atoms with van der Waals surface area (Å²) in [4.78, 5) is 20.0. The molecule has 1 heterocycles. The highest BCUT2D eigenvalue weighted by molar-refractivity contribution is 6.18. The molecule has 1 saturated heterocycles. The maximum atomic E-state index is 12.6. The highest BCUT2D eigenvalue weighted by atomic mass is 35.5. The second kappa shape index (κ2) is 12.8. The van der Waals surface area contributed by atoms with E-state index in [1.165, 1.54) is 6.92 Å². The summed E-state index contributed by atoms with van der Waals surface area (Å²) < 4.78 is 28.4. The first kappa shape index (κ1) is 20.1. The van der Waals surface area contributed by atoms with Gasteiger partial charge in [-0.15, -0.1) is 11.6 Å².